The molecule has 0 unspecified atom stereocenters. The van der Waals surface area contributed by atoms with Gasteiger partial charge in [0, 0.05) is 44.3 Å². The largest absolute Gasteiger partial charge is 0.456 e. The maximum absolute atomic E-state index is 6.28. The molecule has 0 radical (unpaired) electrons. The predicted octanol–water partition coefficient (Wildman–Crippen LogP) is 9.42. The molecule has 4 heteroatoms. The quantitative estimate of drug-likeness (QED) is 0.217. The Balaban J connectivity index is 1.28. The fourth-order valence-electron chi connectivity index (χ4n) is 6.09. The second kappa shape index (κ2) is 8.01. The second-order valence-corrected chi connectivity index (χ2v) is 10.3. The molecule has 4 aromatic heterocycles. The summed E-state index contributed by atoms with van der Waals surface area (Å²) in [6.45, 7) is 0. The molecule has 186 valence electrons. The molecule has 4 heterocycles. The van der Waals surface area contributed by atoms with Crippen molar-refractivity contribution >= 4 is 60.0 Å². The first-order valence-electron chi connectivity index (χ1n) is 13.4. The van der Waals surface area contributed by atoms with Crippen molar-refractivity contribution in [3.05, 3.63) is 128 Å². The zero-order chi connectivity index (χ0) is 26.2. The summed E-state index contributed by atoms with van der Waals surface area (Å²) in [5.74, 6) is 0. The minimum Gasteiger partial charge on any atom is -0.456 e. The highest BCUT2D eigenvalue weighted by Crippen LogP contribution is 2.39. The number of benzene rings is 5. The Bertz CT molecular complexity index is 2450. The summed E-state index contributed by atoms with van der Waals surface area (Å²) in [5.41, 5.74) is 9.09. The lowest BCUT2D eigenvalue weighted by Gasteiger charge is -2.12. The van der Waals surface area contributed by atoms with E-state index in [1.807, 2.05) is 22.7 Å². The van der Waals surface area contributed by atoms with Crippen LogP contribution in [0.1, 0.15) is 0 Å². The number of hydrogen-bond donors (Lipinski definition) is 0. The average Bonchev–Trinajstić information content (AvgIpc) is 3.57. The Morgan fingerprint density at radius 2 is 1.25 bits per heavy atom. The minimum atomic E-state index is 0.874. The van der Waals surface area contributed by atoms with Crippen molar-refractivity contribution in [1.82, 2.24) is 14.6 Å². The molecule has 40 heavy (non-hydrogen) atoms. The Morgan fingerprint density at radius 3 is 2.17 bits per heavy atom. The summed E-state index contributed by atoms with van der Waals surface area (Å²) in [5, 5.41) is 11.6. The Kier molecular flexibility index (Phi) is 4.30. The van der Waals surface area contributed by atoms with Gasteiger partial charge in [-0.05, 0) is 53.4 Å². The van der Waals surface area contributed by atoms with Crippen molar-refractivity contribution in [3.8, 4) is 22.4 Å². The third-order valence-corrected chi connectivity index (χ3v) is 7.99. The van der Waals surface area contributed by atoms with E-state index in [1.54, 1.807) is 0 Å². The molecule has 9 aromatic rings. The molecule has 4 nitrogen and oxygen atoms in total. The highest BCUT2D eigenvalue weighted by molar-refractivity contribution is 6.18. The van der Waals surface area contributed by atoms with E-state index in [2.05, 4.69) is 109 Å². The lowest BCUT2D eigenvalue weighted by Crippen LogP contribution is -1.91. The third kappa shape index (κ3) is 3.07. The number of aromatic nitrogens is 3. The molecular formula is C36H21N3O. The van der Waals surface area contributed by atoms with Gasteiger partial charge < -0.3 is 4.42 Å². The van der Waals surface area contributed by atoms with Crippen molar-refractivity contribution in [1.29, 1.82) is 0 Å². The third-order valence-electron chi connectivity index (χ3n) is 7.99. The van der Waals surface area contributed by atoms with Crippen LogP contribution in [0.3, 0.4) is 0 Å². The maximum Gasteiger partial charge on any atom is 0.136 e. The maximum atomic E-state index is 6.28. The van der Waals surface area contributed by atoms with Crippen LogP contribution in [0.2, 0.25) is 0 Å². The molecule has 0 saturated heterocycles. The summed E-state index contributed by atoms with van der Waals surface area (Å²) in [6, 6.07) is 42.2. The van der Waals surface area contributed by atoms with Crippen LogP contribution in [-0.4, -0.2) is 14.6 Å². The van der Waals surface area contributed by atoms with Gasteiger partial charge in [-0.15, -0.1) is 0 Å². The minimum absolute atomic E-state index is 0.874. The first-order chi connectivity index (χ1) is 19.8. The van der Waals surface area contributed by atoms with Crippen LogP contribution in [0, 0.1) is 0 Å². The normalized spacial score (nSPS) is 12.0. The lowest BCUT2D eigenvalue weighted by atomic mass is 9.96. The van der Waals surface area contributed by atoms with Crippen molar-refractivity contribution in [2.45, 2.75) is 0 Å². The van der Waals surface area contributed by atoms with Crippen LogP contribution in [0.5, 0.6) is 0 Å². The van der Waals surface area contributed by atoms with Crippen LogP contribution in [0.25, 0.3) is 82.4 Å². The van der Waals surface area contributed by atoms with Crippen LogP contribution in [-0.2, 0) is 0 Å². The van der Waals surface area contributed by atoms with E-state index in [4.69, 9.17) is 14.5 Å². The first kappa shape index (κ1) is 21.5. The summed E-state index contributed by atoms with van der Waals surface area (Å²) < 4.78 is 8.27. The molecule has 0 fully saturated rings. The van der Waals surface area contributed by atoms with E-state index in [9.17, 15) is 0 Å². The molecule has 0 aliphatic heterocycles. The van der Waals surface area contributed by atoms with Gasteiger partial charge >= 0.3 is 0 Å². The van der Waals surface area contributed by atoms with E-state index in [1.165, 1.54) is 5.39 Å². The van der Waals surface area contributed by atoms with Gasteiger partial charge in [-0.3, -0.25) is 0 Å². The van der Waals surface area contributed by atoms with Crippen LogP contribution >= 0.6 is 0 Å². The number of nitrogens with zero attached hydrogens (tertiary/aromatic N) is 3. The molecule has 0 atom stereocenters. The standard InChI is InChI=1S/C36H21N3O/c1-4-13-31-25(10-1)28-19-29-26-11-3-6-15-34(26)40-35(29)20-30(28)36(37-31)23-9-7-8-22(18-23)24-16-17-33-27-12-2-5-14-32(27)38-39(33)21-24/h1-21H. The zero-order valence-corrected chi connectivity index (χ0v) is 21.4. The van der Waals surface area contributed by atoms with Gasteiger partial charge in [-0.25, -0.2) is 9.50 Å². The monoisotopic (exact) mass is 511 g/mol. The molecule has 5 aromatic carbocycles. The molecule has 0 spiro atoms. The van der Waals surface area contributed by atoms with Gasteiger partial charge in [-0.1, -0.05) is 78.9 Å². The van der Waals surface area contributed by atoms with Crippen molar-refractivity contribution in [3.63, 3.8) is 0 Å². The number of furan rings is 1. The molecule has 0 N–H and O–H groups in total. The Morgan fingerprint density at radius 1 is 0.475 bits per heavy atom. The molecule has 0 aliphatic rings. The van der Waals surface area contributed by atoms with Gasteiger partial charge in [0.15, 0.2) is 0 Å². The fraction of sp³-hybridized carbons (Fsp3) is 0. The molecule has 0 amide bonds. The van der Waals surface area contributed by atoms with E-state index < -0.39 is 0 Å². The van der Waals surface area contributed by atoms with Crippen molar-refractivity contribution in [2.24, 2.45) is 0 Å². The van der Waals surface area contributed by atoms with Crippen LogP contribution in [0.15, 0.2) is 132 Å². The molecule has 0 saturated carbocycles. The molecular weight excluding hydrogens is 490 g/mol. The smallest absolute Gasteiger partial charge is 0.136 e. The molecule has 0 bridgehead atoms. The van der Waals surface area contributed by atoms with Gasteiger partial charge in [0.1, 0.15) is 11.2 Å². The zero-order valence-electron chi connectivity index (χ0n) is 21.4. The number of rotatable bonds is 2. The molecule has 0 aliphatic carbocycles. The Hall–Kier alpha value is -5.48. The number of pyridine rings is 2. The highest BCUT2D eigenvalue weighted by Gasteiger charge is 2.16. The topological polar surface area (TPSA) is 43.3 Å². The fourth-order valence-corrected chi connectivity index (χ4v) is 6.09. The summed E-state index contributed by atoms with van der Waals surface area (Å²) in [7, 11) is 0. The van der Waals surface area contributed by atoms with Gasteiger partial charge in [0.05, 0.1) is 22.2 Å². The van der Waals surface area contributed by atoms with Gasteiger partial charge in [0.2, 0.25) is 0 Å². The van der Waals surface area contributed by atoms with Crippen LogP contribution < -0.4 is 0 Å². The lowest BCUT2D eigenvalue weighted by molar-refractivity contribution is 0.669. The van der Waals surface area contributed by atoms with Crippen molar-refractivity contribution < 1.29 is 4.42 Å². The van der Waals surface area contributed by atoms with E-state index in [-0.39, 0.29) is 0 Å². The first-order valence-corrected chi connectivity index (χ1v) is 13.4. The summed E-state index contributed by atoms with van der Waals surface area (Å²) in [4.78, 5) is 5.19. The molecule has 9 rings (SSSR count). The summed E-state index contributed by atoms with van der Waals surface area (Å²) >= 11 is 0. The second-order valence-electron chi connectivity index (χ2n) is 10.3. The number of hydrogen-bond acceptors (Lipinski definition) is 3. The Labute approximate surface area is 228 Å². The van der Waals surface area contributed by atoms with E-state index in [0.29, 0.717) is 0 Å². The summed E-state index contributed by atoms with van der Waals surface area (Å²) in [6.07, 6.45) is 2.11. The predicted molar refractivity (Wildman–Crippen MR) is 164 cm³/mol. The average molecular weight is 512 g/mol. The van der Waals surface area contributed by atoms with Crippen molar-refractivity contribution in [2.75, 3.05) is 0 Å². The number of para-hydroxylation sites is 2. The number of fused-ring (bicyclic) bond motifs is 9. The van der Waals surface area contributed by atoms with E-state index in [0.717, 1.165) is 77.0 Å². The van der Waals surface area contributed by atoms with Gasteiger partial charge in [0.25, 0.3) is 0 Å². The van der Waals surface area contributed by atoms with E-state index >= 15 is 0 Å². The van der Waals surface area contributed by atoms with Gasteiger partial charge in [-0.2, -0.15) is 5.10 Å². The SMILES string of the molecule is c1cc(-c2ccc3c4ccccc4nn3c2)cc(-c2nc3ccccc3c3cc4c(cc23)oc2ccccc24)c1. The van der Waals surface area contributed by atoms with Crippen LogP contribution in [0.4, 0.5) is 0 Å². The highest BCUT2D eigenvalue weighted by atomic mass is 16.3.